The first-order chi connectivity index (χ1) is 9.90. The van der Waals surface area contributed by atoms with E-state index >= 15 is 0 Å². The lowest BCUT2D eigenvalue weighted by atomic mass is 9.92. The van der Waals surface area contributed by atoms with Crippen molar-refractivity contribution in [2.24, 2.45) is 0 Å². The topological polar surface area (TPSA) is 65.1 Å². The van der Waals surface area contributed by atoms with Crippen LogP contribution in [-0.2, 0) is 5.41 Å². The second-order valence-electron chi connectivity index (χ2n) is 6.71. The minimum Gasteiger partial charge on any atom is -0.365 e. The van der Waals surface area contributed by atoms with Crippen molar-refractivity contribution in [3.05, 3.63) is 11.8 Å². The summed E-state index contributed by atoms with van der Waals surface area (Å²) in [4.78, 5) is 11.5. The lowest BCUT2D eigenvalue weighted by Crippen LogP contribution is -2.51. The van der Waals surface area contributed by atoms with Crippen molar-refractivity contribution in [3.63, 3.8) is 0 Å². The van der Waals surface area contributed by atoms with Crippen LogP contribution in [0.25, 0.3) is 0 Å². The normalized spacial score (nSPS) is 15.7. The molecular weight excluding hydrogens is 264 g/mol. The van der Waals surface area contributed by atoms with Gasteiger partial charge in [0, 0.05) is 44.7 Å². The maximum Gasteiger partial charge on any atom is 0.227 e. The van der Waals surface area contributed by atoms with Gasteiger partial charge in [-0.3, -0.25) is 0 Å². The molecule has 0 unspecified atom stereocenters. The minimum absolute atomic E-state index is 0.00975. The number of likely N-dealkylation sites (N-methyl/N-ethyl adjacent to an activating group) is 2. The maximum absolute atomic E-state index is 4.74. The molecule has 1 aromatic rings. The van der Waals surface area contributed by atoms with E-state index in [2.05, 4.69) is 52.7 Å². The summed E-state index contributed by atoms with van der Waals surface area (Å²) < 4.78 is 0. The van der Waals surface area contributed by atoms with Gasteiger partial charge in [0.05, 0.1) is 11.7 Å². The second kappa shape index (κ2) is 6.58. The molecule has 3 N–H and O–H groups in total. The lowest BCUT2D eigenvalue weighted by molar-refractivity contribution is 0.470. The molecule has 1 aromatic heterocycles. The Morgan fingerprint density at radius 1 is 1.33 bits per heavy atom. The molecule has 0 aromatic carbocycles. The number of hydrogen-bond donors (Lipinski definition) is 3. The second-order valence-corrected chi connectivity index (χ2v) is 6.71. The molecule has 0 radical (unpaired) electrons. The minimum atomic E-state index is 0.00975. The van der Waals surface area contributed by atoms with Crippen molar-refractivity contribution in [2.45, 2.75) is 32.2 Å². The zero-order valence-electron chi connectivity index (χ0n) is 13.8. The van der Waals surface area contributed by atoms with Crippen LogP contribution in [0.5, 0.6) is 0 Å². The Labute approximate surface area is 127 Å². The van der Waals surface area contributed by atoms with Crippen molar-refractivity contribution < 1.29 is 0 Å². The fourth-order valence-electron chi connectivity index (χ4n) is 2.04. The van der Waals surface area contributed by atoms with Crippen LogP contribution in [0.2, 0.25) is 0 Å². The van der Waals surface area contributed by atoms with E-state index in [9.17, 15) is 0 Å². The Balaban J connectivity index is 2.23. The summed E-state index contributed by atoms with van der Waals surface area (Å²) >= 11 is 0. The highest BCUT2D eigenvalue weighted by atomic mass is 15.3. The number of rotatable bonds is 6. The molecule has 0 saturated carbocycles. The largest absolute Gasteiger partial charge is 0.365 e. The summed E-state index contributed by atoms with van der Waals surface area (Å²) in [6, 6.07) is 2.55. The van der Waals surface area contributed by atoms with Crippen LogP contribution in [0.1, 0.15) is 26.5 Å². The fourth-order valence-corrected chi connectivity index (χ4v) is 2.04. The zero-order valence-corrected chi connectivity index (χ0v) is 13.8. The smallest absolute Gasteiger partial charge is 0.227 e. The Morgan fingerprint density at radius 2 is 2.05 bits per heavy atom. The Bertz CT molecular complexity index is 464. The summed E-state index contributed by atoms with van der Waals surface area (Å²) in [7, 11) is 3.99. The predicted molar refractivity (Wildman–Crippen MR) is 88.2 cm³/mol. The van der Waals surface area contributed by atoms with Crippen molar-refractivity contribution in [3.8, 4) is 0 Å². The van der Waals surface area contributed by atoms with E-state index in [-0.39, 0.29) is 5.41 Å². The Kier molecular flexibility index (Phi) is 5.00. The molecule has 1 fully saturated rings. The highest BCUT2D eigenvalue weighted by Gasteiger charge is 2.22. The van der Waals surface area contributed by atoms with Gasteiger partial charge in [0.25, 0.3) is 0 Å². The summed E-state index contributed by atoms with van der Waals surface area (Å²) in [5.41, 5.74) is 1.08. The fraction of sp³-hybridized carbons (Fsp3) is 0.733. The SMILES string of the molecule is CNCCN(C)c1nc(NC2CNC2)cc(C(C)(C)C)n1. The van der Waals surface area contributed by atoms with E-state index in [4.69, 9.17) is 4.98 Å². The number of nitrogens with one attached hydrogen (secondary N) is 3. The quantitative estimate of drug-likeness (QED) is 0.721. The van der Waals surface area contributed by atoms with Crippen molar-refractivity contribution in [1.29, 1.82) is 0 Å². The van der Waals surface area contributed by atoms with Gasteiger partial charge < -0.3 is 20.9 Å². The highest BCUT2D eigenvalue weighted by molar-refractivity contribution is 5.46. The van der Waals surface area contributed by atoms with Crippen molar-refractivity contribution in [1.82, 2.24) is 20.6 Å². The summed E-state index contributed by atoms with van der Waals surface area (Å²) in [6.45, 7) is 10.3. The van der Waals surface area contributed by atoms with Crippen molar-refractivity contribution >= 4 is 11.8 Å². The summed E-state index contributed by atoms with van der Waals surface area (Å²) in [5.74, 6) is 1.71. The third-order valence-electron chi connectivity index (χ3n) is 3.65. The third kappa shape index (κ3) is 4.28. The molecule has 6 nitrogen and oxygen atoms in total. The van der Waals surface area contributed by atoms with Gasteiger partial charge in [-0.2, -0.15) is 4.98 Å². The van der Waals surface area contributed by atoms with Crippen LogP contribution in [0.3, 0.4) is 0 Å². The molecule has 118 valence electrons. The van der Waals surface area contributed by atoms with Gasteiger partial charge in [0.15, 0.2) is 0 Å². The zero-order chi connectivity index (χ0) is 15.5. The van der Waals surface area contributed by atoms with E-state index in [0.717, 1.165) is 43.6 Å². The average molecular weight is 292 g/mol. The van der Waals surface area contributed by atoms with Gasteiger partial charge in [-0.1, -0.05) is 20.8 Å². The van der Waals surface area contributed by atoms with E-state index in [1.807, 2.05) is 14.1 Å². The Hall–Kier alpha value is -1.40. The van der Waals surface area contributed by atoms with Gasteiger partial charge in [-0.05, 0) is 7.05 Å². The standard InChI is InChI=1S/C15H28N6/c1-15(2,3)12-8-13(18-11-9-17-10-11)20-14(19-12)21(5)7-6-16-4/h8,11,16-17H,6-7,9-10H2,1-5H3,(H,18,19,20). The molecular formula is C15H28N6. The first-order valence-corrected chi connectivity index (χ1v) is 7.62. The van der Waals surface area contributed by atoms with Gasteiger partial charge in [0.1, 0.15) is 5.82 Å². The molecule has 0 spiro atoms. The van der Waals surface area contributed by atoms with Crippen molar-refractivity contribution in [2.75, 3.05) is 50.5 Å². The van der Waals surface area contributed by atoms with E-state index in [1.54, 1.807) is 0 Å². The van der Waals surface area contributed by atoms with Gasteiger partial charge in [0.2, 0.25) is 5.95 Å². The number of aromatic nitrogens is 2. The number of anilines is 2. The summed E-state index contributed by atoms with van der Waals surface area (Å²) in [5, 5.41) is 9.91. The van der Waals surface area contributed by atoms with Crippen LogP contribution in [-0.4, -0.2) is 56.3 Å². The third-order valence-corrected chi connectivity index (χ3v) is 3.65. The first-order valence-electron chi connectivity index (χ1n) is 7.62. The molecule has 2 rings (SSSR count). The van der Waals surface area contributed by atoms with Crippen LogP contribution >= 0.6 is 0 Å². The number of hydrogen-bond acceptors (Lipinski definition) is 6. The molecule has 0 amide bonds. The monoisotopic (exact) mass is 292 g/mol. The molecule has 21 heavy (non-hydrogen) atoms. The molecule has 0 bridgehead atoms. The molecule has 0 atom stereocenters. The van der Waals surface area contributed by atoms with E-state index < -0.39 is 0 Å². The van der Waals surface area contributed by atoms with Crippen LogP contribution in [0.4, 0.5) is 11.8 Å². The maximum atomic E-state index is 4.74. The summed E-state index contributed by atoms with van der Waals surface area (Å²) in [6.07, 6.45) is 0. The van der Waals surface area contributed by atoms with Crippen LogP contribution in [0.15, 0.2) is 6.07 Å². The molecule has 1 aliphatic rings. The first kappa shape index (κ1) is 16.0. The molecule has 2 heterocycles. The van der Waals surface area contributed by atoms with Crippen LogP contribution < -0.4 is 20.9 Å². The average Bonchev–Trinajstić information content (AvgIpc) is 2.39. The Morgan fingerprint density at radius 3 is 2.57 bits per heavy atom. The van der Waals surface area contributed by atoms with E-state index in [0.29, 0.717) is 6.04 Å². The van der Waals surface area contributed by atoms with Gasteiger partial charge in [-0.25, -0.2) is 4.98 Å². The predicted octanol–water partition coefficient (Wildman–Crippen LogP) is 0.813. The molecule has 6 heteroatoms. The molecule has 1 aliphatic heterocycles. The van der Waals surface area contributed by atoms with E-state index in [1.165, 1.54) is 0 Å². The highest BCUT2D eigenvalue weighted by Crippen LogP contribution is 2.25. The van der Waals surface area contributed by atoms with Gasteiger partial charge in [-0.15, -0.1) is 0 Å². The molecule has 0 aliphatic carbocycles. The van der Waals surface area contributed by atoms with Gasteiger partial charge >= 0.3 is 0 Å². The van der Waals surface area contributed by atoms with Crippen LogP contribution in [0, 0.1) is 0 Å². The lowest BCUT2D eigenvalue weighted by Gasteiger charge is -2.30. The number of nitrogens with zero attached hydrogens (tertiary/aromatic N) is 3. The molecule has 1 saturated heterocycles.